The third-order valence-electron chi connectivity index (χ3n) is 4.82. The van der Waals surface area contributed by atoms with E-state index in [2.05, 4.69) is 31.6 Å². The number of nitrogens with zero attached hydrogens (tertiary/aromatic N) is 3. The summed E-state index contributed by atoms with van der Waals surface area (Å²) in [6, 6.07) is 13.8. The van der Waals surface area contributed by atoms with Crippen molar-refractivity contribution in [3.63, 3.8) is 0 Å². The van der Waals surface area contributed by atoms with Gasteiger partial charge in [0, 0.05) is 48.4 Å². The number of hydrogen-bond donors (Lipinski definition) is 2. The number of aromatic nitrogens is 2. The second kappa shape index (κ2) is 9.69. The molecule has 3 heterocycles. The van der Waals surface area contributed by atoms with E-state index in [1.165, 1.54) is 4.88 Å². The molecule has 30 heavy (non-hydrogen) atoms. The van der Waals surface area contributed by atoms with Crippen LogP contribution in [0.25, 0.3) is 10.4 Å². The summed E-state index contributed by atoms with van der Waals surface area (Å²) in [5.74, 6) is 1.39. The summed E-state index contributed by atoms with van der Waals surface area (Å²) in [6.07, 6.45) is 0. The highest BCUT2D eigenvalue weighted by Gasteiger charge is 2.14. The van der Waals surface area contributed by atoms with Crippen molar-refractivity contribution < 1.29 is 9.53 Å². The van der Waals surface area contributed by atoms with Crippen LogP contribution in [0.15, 0.2) is 47.8 Å². The molecule has 1 aromatic carbocycles. The van der Waals surface area contributed by atoms with Gasteiger partial charge in [0.2, 0.25) is 5.95 Å². The lowest BCUT2D eigenvalue weighted by Gasteiger charge is -2.28. The molecule has 8 heteroatoms. The predicted molar refractivity (Wildman–Crippen MR) is 120 cm³/mol. The molecule has 0 aliphatic carbocycles. The highest BCUT2D eigenvalue weighted by Crippen LogP contribution is 2.24. The molecule has 4 rings (SSSR count). The third kappa shape index (κ3) is 5.14. The summed E-state index contributed by atoms with van der Waals surface area (Å²) in [7, 11) is 0. The Bertz CT molecular complexity index is 970. The number of aryl methyl sites for hydroxylation is 1. The van der Waals surface area contributed by atoms with Crippen molar-refractivity contribution in [2.75, 3.05) is 49.6 Å². The van der Waals surface area contributed by atoms with Crippen LogP contribution in [0.2, 0.25) is 0 Å². The van der Waals surface area contributed by atoms with Crippen molar-refractivity contribution in [2.45, 2.75) is 6.92 Å². The minimum Gasteiger partial charge on any atom is -0.378 e. The second-order valence-corrected chi connectivity index (χ2v) is 7.98. The van der Waals surface area contributed by atoms with Crippen molar-refractivity contribution >= 4 is 29.0 Å². The molecule has 0 atom stereocenters. The fourth-order valence-corrected chi connectivity index (χ4v) is 4.00. The Labute approximate surface area is 180 Å². The molecule has 0 saturated carbocycles. The van der Waals surface area contributed by atoms with Crippen LogP contribution in [0.4, 0.5) is 11.8 Å². The number of morpholine rings is 1. The molecule has 0 unspecified atom stereocenters. The normalized spacial score (nSPS) is 13.8. The maximum Gasteiger partial charge on any atom is 0.251 e. The lowest BCUT2D eigenvalue weighted by atomic mass is 10.1. The monoisotopic (exact) mass is 423 g/mol. The molecular weight excluding hydrogens is 398 g/mol. The molecule has 1 fully saturated rings. The van der Waals surface area contributed by atoms with Crippen LogP contribution in [0.3, 0.4) is 0 Å². The molecule has 156 valence electrons. The quantitative estimate of drug-likeness (QED) is 0.568. The maximum absolute atomic E-state index is 12.4. The van der Waals surface area contributed by atoms with Gasteiger partial charge >= 0.3 is 0 Å². The number of anilines is 2. The van der Waals surface area contributed by atoms with Gasteiger partial charge in [-0.15, -0.1) is 11.3 Å². The fraction of sp³-hybridized carbons (Fsp3) is 0.318. The largest absolute Gasteiger partial charge is 0.378 e. The first-order chi connectivity index (χ1) is 14.7. The maximum atomic E-state index is 12.4. The van der Waals surface area contributed by atoms with E-state index in [1.54, 1.807) is 11.3 Å². The molecule has 0 spiro atoms. The van der Waals surface area contributed by atoms with E-state index in [9.17, 15) is 4.79 Å². The number of carbonyl (C=O) groups excluding carboxylic acids is 1. The molecule has 7 nitrogen and oxygen atoms in total. The highest BCUT2D eigenvalue weighted by atomic mass is 32.1. The molecular formula is C22H25N5O2S. The molecule has 1 saturated heterocycles. The number of benzene rings is 1. The molecule has 1 aliphatic heterocycles. The lowest BCUT2D eigenvalue weighted by Crippen LogP contribution is -2.37. The average Bonchev–Trinajstić information content (AvgIpc) is 3.32. The fourth-order valence-electron chi connectivity index (χ4n) is 3.27. The number of ether oxygens (including phenoxy) is 1. The van der Waals surface area contributed by atoms with Gasteiger partial charge in [-0.1, -0.05) is 18.2 Å². The predicted octanol–water partition coefficient (Wildman–Crippen LogP) is 3.19. The number of thiophene rings is 1. The average molecular weight is 424 g/mol. The Kier molecular flexibility index (Phi) is 6.56. The van der Waals surface area contributed by atoms with Gasteiger partial charge in [-0.05, 0) is 36.1 Å². The van der Waals surface area contributed by atoms with Gasteiger partial charge in [0.05, 0.1) is 13.2 Å². The summed E-state index contributed by atoms with van der Waals surface area (Å²) in [5, 5.41) is 8.19. The van der Waals surface area contributed by atoms with Crippen molar-refractivity contribution in [3.05, 3.63) is 59.1 Å². The molecule has 2 aromatic heterocycles. The number of nitrogens with one attached hydrogen (secondary N) is 2. The van der Waals surface area contributed by atoms with Gasteiger partial charge in [0.25, 0.3) is 5.91 Å². The van der Waals surface area contributed by atoms with Crippen LogP contribution in [0, 0.1) is 6.92 Å². The van der Waals surface area contributed by atoms with E-state index in [4.69, 9.17) is 4.74 Å². The molecule has 2 N–H and O–H groups in total. The van der Waals surface area contributed by atoms with Crippen LogP contribution < -0.4 is 15.5 Å². The van der Waals surface area contributed by atoms with Crippen molar-refractivity contribution in [1.29, 1.82) is 0 Å². The first kappa shape index (κ1) is 20.3. The number of rotatable bonds is 7. The molecule has 1 amide bonds. The van der Waals surface area contributed by atoms with Crippen LogP contribution in [-0.2, 0) is 4.74 Å². The topological polar surface area (TPSA) is 79.4 Å². The van der Waals surface area contributed by atoms with Gasteiger partial charge in [0.15, 0.2) is 0 Å². The van der Waals surface area contributed by atoms with Gasteiger partial charge in [-0.25, -0.2) is 4.98 Å². The van der Waals surface area contributed by atoms with E-state index in [-0.39, 0.29) is 5.91 Å². The van der Waals surface area contributed by atoms with Gasteiger partial charge < -0.3 is 20.3 Å². The SMILES string of the molecule is Cc1cc(N2CCOCC2)nc(NCCNC(=O)c2ccc(-c3cccs3)cc2)n1. The molecule has 0 radical (unpaired) electrons. The van der Waals surface area contributed by atoms with Crippen LogP contribution in [0.1, 0.15) is 16.1 Å². The van der Waals surface area contributed by atoms with Crippen LogP contribution >= 0.6 is 11.3 Å². The molecule has 1 aliphatic rings. The first-order valence-electron chi connectivity index (χ1n) is 10.0. The summed E-state index contributed by atoms with van der Waals surface area (Å²) in [4.78, 5) is 24.8. The van der Waals surface area contributed by atoms with Crippen molar-refractivity contribution in [1.82, 2.24) is 15.3 Å². The number of carbonyl (C=O) groups is 1. The molecule has 3 aromatic rings. The Morgan fingerprint density at radius 3 is 2.67 bits per heavy atom. The van der Waals surface area contributed by atoms with E-state index in [1.807, 2.05) is 48.7 Å². The van der Waals surface area contributed by atoms with E-state index >= 15 is 0 Å². The highest BCUT2D eigenvalue weighted by molar-refractivity contribution is 7.13. The van der Waals surface area contributed by atoms with Crippen molar-refractivity contribution in [3.8, 4) is 10.4 Å². The summed E-state index contributed by atoms with van der Waals surface area (Å²) < 4.78 is 5.40. The van der Waals surface area contributed by atoms with E-state index in [0.29, 0.717) is 37.8 Å². The third-order valence-corrected chi connectivity index (χ3v) is 5.74. The Morgan fingerprint density at radius 1 is 1.13 bits per heavy atom. The zero-order valence-electron chi connectivity index (χ0n) is 16.9. The first-order valence-corrected chi connectivity index (χ1v) is 10.9. The Hall–Kier alpha value is -2.97. The minimum atomic E-state index is -0.0892. The van der Waals surface area contributed by atoms with E-state index in [0.717, 1.165) is 30.2 Å². The Morgan fingerprint density at radius 2 is 1.93 bits per heavy atom. The number of hydrogen-bond acceptors (Lipinski definition) is 7. The van der Waals surface area contributed by atoms with E-state index < -0.39 is 0 Å². The van der Waals surface area contributed by atoms with Gasteiger partial charge in [-0.2, -0.15) is 4.98 Å². The minimum absolute atomic E-state index is 0.0892. The Balaban J connectivity index is 1.27. The zero-order chi connectivity index (χ0) is 20.8. The standard InChI is InChI=1S/C22H25N5O2S/c1-16-15-20(27-10-12-29-13-11-27)26-22(25-16)24-9-8-23-21(28)18-6-4-17(5-7-18)19-3-2-14-30-19/h2-7,14-15H,8-13H2,1H3,(H,23,28)(H,24,25,26). The number of amides is 1. The summed E-state index contributed by atoms with van der Waals surface area (Å²) in [5.41, 5.74) is 2.68. The smallest absolute Gasteiger partial charge is 0.251 e. The summed E-state index contributed by atoms with van der Waals surface area (Å²) in [6.45, 7) is 6.08. The lowest BCUT2D eigenvalue weighted by molar-refractivity contribution is 0.0955. The van der Waals surface area contributed by atoms with Crippen molar-refractivity contribution in [2.24, 2.45) is 0 Å². The van der Waals surface area contributed by atoms with Gasteiger partial charge in [0.1, 0.15) is 5.82 Å². The van der Waals surface area contributed by atoms with Crippen LogP contribution in [0.5, 0.6) is 0 Å². The van der Waals surface area contributed by atoms with Gasteiger partial charge in [-0.3, -0.25) is 4.79 Å². The second-order valence-electron chi connectivity index (χ2n) is 7.03. The summed E-state index contributed by atoms with van der Waals surface area (Å²) >= 11 is 1.69. The van der Waals surface area contributed by atoms with Crippen LogP contribution in [-0.4, -0.2) is 55.3 Å². The zero-order valence-corrected chi connectivity index (χ0v) is 17.7. The molecule has 0 bridgehead atoms.